The predicted octanol–water partition coefficient (Wildman–Crippen LogP) is 6.18. The molecule has 1 heterocycles. The number of carbonyl (C=O) groups is 1. The molecule has 5 nitrogen and oxygen atoms in total. The summed E-state index contributed by atoms with van der Waals surface area (Å²) in [5.41, 5.74) is 9.68. The lowest BCUT2D eigenvalue weighted by atomic mass is 10.0. The Morgan fingerprint density at radius 2 is 2.07 bits per heavy atom. The Labute approximate surface area is 181 Å². The molecule has 154 valence electrons. The zero-order valence-corrected chi connectivity index (χ0v) is 18.3. The molecule has 1 aliphatic rings. The molecule has 1 amide bonds. The summed E-state index contributed by atoms with van der Waals surface area (Å²) in [6.07, 6.45) is 2.61. The second-order valence-electron chi connectivity index (χ2n) is 7.62. The summed E-state index contributed by atoms with van der Waals surface area (Å²) in [5, 5.41) is 4.94. The SMILES string of the molecule is CCC1(OP=O)CC1Cc1ccc(C(=O)Nc2cc(-c3cccs3)ccc2N)cc1. The number of nitrogens with one attached hydrogen (secondary N) is 1. The fourth-order valence-corrected chi connectivity index (χ4v) is 5.06. The van der Waals surface area contributed by atoms with Crippen molar-refractivity contribution in [3.8, 4) is 10.4 Å². The van der Waals surface area contributed by atoms with Gasteiger partial charge in [-0.05, 0) is 72.0 Å². The predicted molar refractivity (Wildman–Crippen MR) is 122 cm³/mol. The maximum absolute atomic E-state index is 12.7. The van der Waals surface area contributed by atoms with E-state index in [4.69, 9.17) is 10.3 Å². The van der Waals surface area contributed by atoms with Crippen LogP contribution in [0.5, 0.6) is 0 Å². The van der Waals surface area contributed by atoms with Crippen molar-refractivity contribution < 1.29 is 13.9 Å². The molecular formula is C23H23N2O3PS. The van der Waals surface area contributed by atoms with E-state index in [1.807, 2.05) is 60.0 Å². The number of hydrogen-bond donors (Lipinski definition) is 2. The molecular weight excluding hydrogens is 415 g/mol. The molecule has 1 fully saturated rings. The number of benzene rings is 2. The highest BCUT2D eigenvalue weighted by molar-refractivity contribution is 7.17. The smallest absolute Gasteiger partial charge is 0.327 e. The van der Waals surface area contributed by atoms with Crippen molar-refractivity contribution in [3.63, 3.8) is 0 Å². The molecule has 0 spiro atoms. The van der Waals surface area contributed by atoms with Crippen LogP contribution in [0.4, 0.5) is 11.4 Å². The summed E-state index contributed by atoms with van der Waals surface area (Å²) in [6, 6.07) is 17.3. The van der Waals surface area contributed by atoms with Gasteiger partial charge < -0.3 is 11.1 Å². The van der Waals surface area contributed by atoms with Crippen LogP contribution >= 0.6 is 20.0 Å². The minimum absolute atomic E-state index is 0.195. The van der Waals surface area contributed by atoms with Gasteiger partial charge in [-0.3, -0.25) is 9.32 Å². The first-order valence-electron chi connectivity index (χ1n) is 9.89. The highest BCUT2D eigenvalue weighted by atomic mass is 32.1. The van der Waals surface area contributed by atoms with Gasteiger partial charge in [-0.1, -0.05) is 31.2 Å². The normalized spacial score (nSPS) is 20.2. The van der Waals surface area contributed by atoms with Gasteiger partial charge in [-0.25, -0.2) is 4.57 Å². The summed E-state index contributed by atoms with van der Waals surface area (Å²) < 4.78 is 16.2. The van der Waals surface area contributed by atoms with E-state index in [1.165, 1.54) is 0 Å². The molecule has 2 unspecified atom stereocenters. The van der Waals surface area contributed by atoms with Crippen LogP contribution in [0.15, 0.2) is 60.0 Å². The van der Waals surface area contributed by atoms with E-state index in [1.54, 1.807) is 11.3 Å². The molecule has 0 radical (unpaired) electrons. The molecule has 3 aromatic rings. The first-order valence-corrected chi connectivity index (χ1v) is 11.5. The first kappa shape index (κ1) is 20.7. The maximum Gasteiger partial charge on any atom is 0.327 e. The molecule has 30 heavy (non-hydrogen) atoms. The number of rotatable bonds is 8. The number of nitrogens with two attached hydrogens (primary N) is 1. The molecule has 3 N–H and O–H groups in total. The van der Waals surface area contributed by atoms with E-state index < -0.39 is 0 Å². The van der Waals surface area contributed by atoms with Crippen molar-refractivity contribution >= 4 is 37.3 Å². The van der Waals surface area contributed by atoms with Gasteiger partial charge in [-0.15, -0.1) is 11.3 Å². The quantitative estimate of drug-likeness (QED) is 0.325. The molecule has 0 saturated heterocycles. The van der Waals surface area contributed by atoms with Crippen molar-refractivity contribution in [2.24, 2.45) is 5.92 Å². The largest absolute Gasteiger partial charge is 0.397 e. The van der Waals surface area contributed by atoms with Crippen LogP contribution in [0.1, 0.15) is 35.7 Å². The van der Waals surface area contributed by atoms with E-state index in [2.05, 4.69) is 12.2 Å². The number of nitrogen functional groups attached to an aromatic ring is 1. The van der Waals surface area contributed by atoms with Crippen LogP contribution < -0.4 is 11.1 Å². The average molecular weight is 438 g/mol. The Balaban J connectivity index is 1.42. The summed E-state index contributed by atoms with van der Waals surface area (Å²) in [7, 11) is -0.255. The molecule has 0 bridgehead atoms. The zero-order valence-electron chi connectivity index (χ0n) is 16.6. The number of carbonyl (C=O) groups excluding carboxylic acids is 1. The van der Waals surface area contributed by atoms with Gasteiger partial charge in [0, 0.05) is 10.4 Å². The fraction of sp³-hybridized carbons (Fsp3) is 0.261. The number of hydrogen-bond acceptors (Lipinski definition) is 5. The molecule has 2 aromatic carbocycles. The third-order valence-corrected chi connectivity index (χ3v) is 7.16. The van der Waals surface area contributed by atoms with Crippen LogP contribution in [-0.4, -0.2) is 11.5 Å². The number of amides is 1. The Kier molecular flexibility index (Phi) is 6.00. The van der Waals surface area contributed by atoms with Crippen LogP contribution in [0, 0.1) is 5.92 Å². The molecule has 1 aliphatic carbocycles. The second-order valence-corrected chi connectivity index (χ2v) is 8.90. The maximum atomic E-state index is 12.7. The van der Waals surface area contributed by atoms with Gasteiger partial charge in [0.2, 0.25) is 0 Å². The van der Waals surface area contributed by atoms with Crippen LogP contribution in [0.2, 0.25) is 0 Å². The van der Waals surface area contributed by atoms with Gasteiger partial charge >= 0.3 is 8.69 Å². The van der Waals surface area contributed by atoms with E-state index in [-0.39, 0.29) is 20.2 Å². The van der Waals surface area contributed by atoms with Crippen molar-refractivity contribution in [2.45, 2.75) is 31.8 Å². The zero-order chi connectivity index (χ0) is 21.1. The van der Waals surface area contributed by atoms with Crippen molar-refractivity contribution in [2.75, 3.05) is 11.1 Å². The van der Waals surface area contributed by atoms with Crippen LogP contribution in [0.25, 0.3) is 10.4 Å². The average Bonchev–Trinajstić information content (AvgIpc) is 3.15. The standard InChI is InChI=1S/C23H23N2O3PS/c1-2-23(28-29-27)14-18(23)12-15-5-7-16(8-6-15)22(26)25-20-13-17(9-10-19(20)24)21-4-3-11-30-21/h3-11,13,18H,2,12,14,24H2,1H3,(H,25,26). The third kappa shape index (κ3) is 4.31. The lowest BCUT2D eigenvalue weighted by Gasteiger charge is -2.12. The Bertz CT molecular complexity index is 1050. The van der Waals surface area contributed by atoms with Gasteiger partial charge in [0.25, 0.3) is 5.91 Å². The molecule has 1 saturated carbocycles. The fourth-order valence-electron chi connectivity index (χ4n) is 3.83. The number of anilines is 2. The van der Waals surface area contributed by atoms with Gasteiger partial charge in [0.15, 0.2) is 0 Å². The third-order valence-electron chi connectivity index (χ3n) is 5.80. The Morgan fingerprint density at radius 3 is 2.73 bits per heavy atom. The van der Waals surface area contributed by atoms with E-state index in [9.17, 15) is 9.36 Å². The lowest BCUT2D eigenvalue weighted by molar-refractivity contribution is 0.102. The summed E-state index contributed by atoms with van der Waals surface area (Å²) in [5.74, 6) is 0.169. The summed E-state index contributed by atoms with van der Waals surface area (Å²) in [4.78, 5) is 13.8. The van der Waals surface area contributed by atoms with Crippen molar-refractivity contribution in [1.29, 1.82) is 0 Å². The van der Waals surface area contributed by atoms with Gasteiger partial charge in [-0.2, -0.15) is 0 Å². The van der Waals surface area contributed by atoms with Gasteiger partial charge in [0.05, 0.1) is 17.0 Å². The van der Waals surface area contributed by atoms with Crippen molar-refractivity contribution in [1.82, 2.24) is 0 Å². The van der Waals surface area contributed by atoms with Crippen LogP contribution in [-0.2, 0) is 15.5 Å². The van der Waals surface area contributed by atoms with Gasteiger partial charge in [0.1, 0.15) is 0 Å². The van der Waals surface area contributed by atoms with E-state index in [0.29, 0.717) is 22.9 Å². The van der Waals surface area contributed by atoms with Crippen LogP contribution in [0.3, 0.4) is 0 Å². The molecule has 0 aliphatic heterocycles. The van der Waals surface area contributed by atoms with E-state index >= 15 is 0 Å². The second kappa shape index (κ2) is 8.68. The summed E-state index contributed by atoms with van der Waals surface area (Å²) in [6.45, 7) is 2.05. The highest BCUT2D eigenvalue weighted by Gasteiger charge is 2.54. The Hall–Kier alpha value is -2.53. The van der Waals surface area contributed by atoms with Crippen molar-refractivity contribution in [3.05, 3.63) is 71.1 Å². The highest BCUT2D eigenvalue weighted by Crippen LogP contribution is 2.53. The molecule has 4 rings (SSSR count). The molecule has 1 aromatic heterocycles. The summed E-state index contributed by atoms with van der Waals surface area (Å²) >= 11 is 1.64. The van der Waals surface area contributed by atoms with E-state index in [0.717, 1.165) is 35.3 Å². The topological polar surface area (TPSA) is 81.4 Å². The molecule has 2 atom stereocenters. The molecule has 7 heteroatoms. The minimum Gasteiger partial charge on any atom is -0.397 e. The Morgan fingerprint density at radius 1 is 1.27 bits per heavy atom. The first-order chi connectivity index (χ1) is 14.5. The number of thiophene rings is 1. The monoisotopic (exact) mass is 438 g/mol. The lowest BCUT2D eigenvalue weighted by Crippen LogP contribution is -2.14. The minimum atomic E-state index is -0.259.